The Morgan fingerprint density at radius 1 is 1.56 bits per heavy atom. The molecule has 0 radical (unpaired) electrons. The van der Waals surface area contributed by atoms with E-state index < -0.39 is 15.9 Å². The summed E-state index contributed by atoms with van der Waals surface area (Å²) in [5.41, 5.74) is 0. The summed E-state index contributed by atoms with van der Waals surface area (Å²) in [4.78, 5) is 29.0. The van der Waals surface area contributed by atoms with Crippen LogP contribution in [0.5, 0.6) is 0 Å². The smallest absolute Gasteiger partial charge is 0.267 e. The fraction of sp³-hybridized carbons (Fsp3) is 0.471. The van der Waals surface area contributed by atoms with Gasteiger partial charge >= 0.3 is 0 Å². The Kier molecular flexibility index (Phi) is 5.78. The molecule has 0 aliphatic carbocycles. The fourth-order valence-corrected chi connectivity index (χ4v) is 6.41. The van der Waals surface area contributed by atoms with Crippen LogP contribution in [0.25, 0.3) is 6.08 Å². The maximum atomic E-state index is 13.0. The van der Waals surface area contributed by atoms with Crippen LogP contribution < -0.4 is 0 Å². The SMILES string of the molecule is CCN(C(=O)[C@H](C)N1C(=O)/C(=C/c2ccco2)SC1=S)[C@@H]1CCS(=O)(=O)C1. The maximum Gasteiger partial charge on any atom is 0.267 e. The minimum Gasteiger partial charge on any atom is -0.465 e. The molecule has 3 heterocycles. The number of hydrogen-bond acceptors (Lipinski definition) is 7. The van der Waals surface area contributed by atoms with Crippen molar-refractivity contribution >= 4 is 56.0 Å². The van der Waals surface area contributed by atoms with Gasteiger partial charge in [0.05, 0.1) is 22.7 Å². The van der Waals surface area contributed by atoms with Crippen molar-refractivity contribution in [1.29, 1.82) is 0 Å². The van der Waals surface area contributed by atoms with Gasteiger partial charge in [0.2, 0.25) is 5.91 Å². The van der Waals surface area contributed by atoms with Crippen LogP contribution in [0.2, 0.25) is 0 Å². The van der Waals surface area contributed by atoms with E-state index >= 15 is 0 Å². The van der Waals surface area contributed by atoms with Crippen LogP contribution in [0, 0.1) is 0 Å². The third-order valence-corrected chi connectivity index (χ3v) is 7.74. The first-order valence-corrected chi connectivity index (χ1v) is 11.6. The summed E-state index contributed by atoms with van der Waals surface area (Å²) in [7, 11) is -3.11. The Bertz CT molecular complexity index is 892. The second kappa shape index (κ2) is 7.76. The summed E-state index contributed by atoms with van der Waals surface area (Å²) in [6.07, 6.45) is 3.52. The number of carbonyl (C=O) groups is 2. The van der Waals surface area contributed by atoms with Crippen LogP contribution >= 0.6 is 24.0 Å². The largest absolute Gasteiger partial charge is 0.465 e. The van der Waals surface area contributed by atoms with Gasteiger partial charge in [0.1, 0.15) is 16.1 Å². The van der Waals surface area contributed by atoms with E-state index in [2.05, 4.69) is 0 Å². The van der Waals surface area contributed by atoms with Gasteiger partial charge in [-0.3, -0.25) is 14.5 Å². The minimum absolute atomic E-state index is 0.0317. The first-order chi connectivity index (χ1) is 12.7. The molecule has 2 saturated heterocycles. The molecule has 1 aromatic heterocycles. The Labute approximate surface area is 167 Å². The molecule has 0 unspecified atom stereocenters. The lowest BCUT2D eigenvalue weighted by molar-refractivity contribution is -0.140. The van der Waals surface area contributed by atoms with Crippen molar-refractivity contribution in [2.24, 2.45) is 0 Å². The number of rotatable bonds is 5. The third kappa shape index (κ3) is 4.12. The number of sulfone groups is 1. The molecule has 7 nitrogen and oxygen atoms in total. The molecule has 2 amide bonds. The molecule has 0 aromatic carbocycles. The van der Waals surface area contributed by atoms with E-state index in [0.29, 0.717) is 28.0 Å². The lowest BCUT2D eigenvalue weighted by atomic mass is 10.1. The van der Waals surface area contributed by atoms with Gasteiger partial charge in [-0.2, -0.15) is 0 Å². The number of likely N-dealkylation sites (N-methyl/N-ethyl adjacent to an activating group) is 1. The third-order valence-electron chi connectivity index (χ3n) is 4.66. The van der Waals surface area contributed by atoms with Gasteiger partial charge in [-0.25, -0.2) is 8.42 Å². The lowest BCUT2D eigenvalue weighted by Crippen LogP contribution is -2.52. The van der Waals surface area contributed by atoms with Crippen LogP contribution in [0.1, 0.15) is 26.0 Å². The fourth-order valence-electron chi connectivity index (χ4n) is 3.28. The highest BCUT2D eigenvalue weighted by Gasteiger charge is 2.42. The molecule has 0 N–H and O–H groups in total. The van der Waals surface area contributed by atoms with Gasteiger partial charge in [-0.1, -0.05) is 24.0 Å². The van der Waals surface area contributed by atoms with Crippen molar-refractivity contribution in [2.75, 3.05) is 18.1 Å². The minimum atomic E-state index is -3.11. The van der Waals surface area contributed by atoms with Gasteiger partial charge in [0, 0.05) is 18.7 Å². The first kappa shape index (κ1) is 20.1. The monoisotopic (exact) mass is 428 g/mol. The van der Waals surface area contributed by atoms with E-state index in [1.54, 1.807) is 37.0 Å². The van der Waals surface area contributed by atoms with Gasteiger partial charge in [0.25, 0.3) is 5.91 Å². The van der Waals surface area contributed by atoms with E-state index in [-0.39, 0.29) is 29.4 Å². The van der Waals surface area contributed by atoms with Crippen molar-refractivity contribution in [2.45, 2.75) is 32.4 Å². The normalized spacial score (nSPS) is 24.6. The van der Waals surface area contributed by atoms with Crippen molar-refractivity contribution in [3.8, 4) is 0 Å². The lowest BCUT2D eigenvalue weighted by Gasteiger charge is -2.32. The van der Waals surface area contributed by atoms with Gasteiger partial charge in [-0.15, -0.1) is 0 Å². The second-order valence-electron chi connectivity index (χ2n) is 6.42. The molecule has 27 heavy (non-hydrogen) atoms. The Morgan fingerprint density at radius 3 is 2.85 bits per heavy atom. The highest BCUT2D eigenvalue weighted by Crippen LogP contribution is 2.34. The highest BCUT2D eigenvalue weighted by molar-refractivity contribution is 8.26. The van der Waals surface area contributed by atoms with Crippen molar-refractivity contribution in [3.05, 3.63) is 29.1 Å². The number of amides is 2. The van der Waals surface area contributed by atoms with E-state index in [0.717, 1.165) is 11.8 Å². The molecule has 1 aromatic rings. The van der Waals surface area contributed by atoms with Gasteiger partial charge in [0.15, 0.2) is 9.84 Å². The molecule has 2 atom stereocenters. The Balaban J connectivity index is 1.77. The predicted molar refractivity (Wildman–Crippen MR) is 108 cm³/mol. The summed E-state index contributed by atoms with van der Waals surface area (Å²) >= 11 is 6.43. The number of thiocarbonyl (C=S) groups is 1. The number of furan rings is 1. The topological polar surface area (TPSA) is 87.9 Å². The molecule has 146 valence electrons. The van der Waals surface area contributed by atoms with Gasteiger partial charge in [-0.05, 0) is 32.4 Å². The first-order valence-electron chi connectivity index (χ1n) is 8.55. The predicted octanol–water partition coefficient (Wildman–Crippen LogP) is 1.90. The number of hydrogen-bond donors (Lipinski definition) is 0. The molecule has 3 rings (SSSR count). The molecule has 10 heteroatoms. The summed E-state index contributed by atoms with van der Waals surface area (Å²) in [6, 6.07) is 2.28. The summed E-state index contributed by atoms with van der Waals surface area (Å²) in [5, 5.41) is 0. The number of thioether (sulfide) groups is 1. The van der Waals surface area contributed by atoms with Crippen LogP contribution in [-0.4, -0.2) is 64.5 Å². The van der Waals surface area contributed by atoms with Crippen molar-refractivity contribution < 1.29 is 22.4 Å². The molecular formula is C17H20N2O5S3. The van der Waals surface area contributed by atoms with Crippen LogP contribution in [0.15, 0.2) is 27.7 Å². The molecule has 2 aliphatic rings. The molecule has 2 aliphatic heterocycles. The zero-order chi connectivity index (χ0) is 19.8. The zero-order valence-corrected chi connectivity index (χ0v) is 17.4. The standard InChI is InChI=1S/C17H20N2O5S3/c1-3-18(12-6-8-27(22,23)10-12)15(20)11(2)19-16(21)14(26-17(19)25)9-13-5-4-7-24-13/h4-5,7,9,11-12H,3,6,8,10H2,1-2H3/b14-9-/t11-,12+/m0/s1. The average molecular weight is 429 g/mol. The quantitative estimate of drug-likeness (QED) is 0.523. The molecule has 0 spiro atoms. The Morgan fingerprint density at radius 2 is 2.30 bits per heavy atom. The van der Waals surface area contributed by atoms with Gasteiger partial charge < -0.3 is 9.32 Å². The van der Waals surface area contributed by atoms with Crippen molar-refractivity contribution in [1.82, 2.24) is 9.80 Å². The van der Waals surface area contributed by atoms with Crippen molar-refractivity contribution in [3.63, 3.8) is 0 Å². The summed E-state index contributed by atoms with van der Waals surface area (Å²) in [5.74, 6) is -0.0629. The summed E-state index contributed by atoms with van der Waals surface area (Å²) < 4.78 is 29.1. The zero-order valence-electron chi connectivity index (χ0n) is 15.0. The molecular weight excluding hydrogens is 408 g/mol. The average Bonchev–Trinajstić information content (AvgIpc) is 3.30. The summed E-state index contributed by atoms with van der Waals surface area (Å²) in [6.45, 7) is 3.80. The highest BCUT2D eigenvalue weighted by atomic mass is 32.2. The number of nitrogens with zero attached hydrogens (tertiary/aromatic N) is 2. The number of carbonyl (C=O) groups excluding carboxylic acids is 2. The Hall–Kier alpha value is -1.65. The van der Waals surface area contributed by atoms with E-state index in [1.165, 1.54) is 11.2 Å². The maximum absolute atomic E-state index is 13.0. The molecule has 0 bridgehead atoms. The molecule has 0 saturated carbocycles. The van der Waals surface area contributed by atoms with Crippen LogP contribution in [0.3, 0.4) is 0 Å². The van der Waals surface area contributed by atoms with Crippen LogP contribution in [-0.2, 0) is 19.4 Å². The second-order valence-corrected chi connectivity index (χ2v) is 10.3. The van der Waals surface area contributed by atoms with Crippen LogP contribution in [0.4, 0.5) is 0 Å². The molecule has 2 fully saturated rings. The van der Waals surface area contributed by atoms with E-state index in [4.69, 9.17) is 16.6 Å². The van der Waals surface area contributed by atoms with E-state index in [9.17, 15) is 18.0 Å². The van der Waals surface area contributed by atoms with E-state index in [1.807, 2.05) is 0 Å².